The molecule has 0 fully saturated rings. The molecular weight excluding hydrogens is 654 g/mol. The Morgan fingerprint density at radius 1 is 0.851 bits per heavy atom. The molecule has 6 N–H and O–H groups in total. The molecule has 0 saturated heterocycles. The fraction of sp³-hybridized carbons (Fsp3) is 0.586. The van der Waals surface area contributed by atoms with Crippen LogP contribution in [0, 0.1) is 31.4 Å². The zero-order chi connectivity index (χ0) is 37.4. The molecule has 0 spiro atoms. The number of aromatic nitrogens is 2. The van der Waals surface area contributed by atoms with Gasteiger partial charge >= 0.3 is 24.2 Å². The second-order valence-corrected chi connectivity index (χ2v) is 8.73. The fourth-order valence-electron chi connectivity index (χ4n) is 2.66. The maximum atomic E-state index is 11.1. The van der Waals surface area contributed by atoms with Crippen LogP contribution < -0.4 is 17.0 Å². The van der Waals surface area contributed by atoms with Gasteiger partial charge in [-0.05, 0) is 79.8 Å². The summed E-state index contributed by atoms with van der Waals surface area (Å²) in [6, 6.07) is 0. The summed E-state index contributed by atoms with van der Waals surface area (Å²) in [7, 11) is 0. The van der Waals surface area contributed by atoms with E-state index >= 15 is 0 Å². The molecule has 0 bridgehead atoms. The largest absolute Gasteiger partial charge is 0.509 e. The number of rotatable bonds is 12. The molecule has 0 unspecified atom stereocenters. The molecule has 0 aliphatic heterocycles. The monoisotopic (exact) mass is 701 g/mol. The van der Waals surface area contributed by atoms with E-state index in [1.807, 2.05) is 20.8 Å². The number of aryl methyl sites for hydroxylation is 1. The maximum Gasteiger partial charge on any atom is 0.387 e. The molecule has 1 rings (SSSR count). The van der Waals surface area contributed by atoms with E-state index in [-0.39, 0.29) is 34.4 Å². The number of hydrogen-bond donors (Lipinski definition) is 4. The van der Waals surface area contributed by atoms with Gasteiger partial charge in [0.1, 0.15) is 5.76 Å². The van der Waals surface area contributed by atoms with E-state index in [0.717, 1.165) is 0 Å². The predicted molar refractivity (Wildman–Crippen MR) is 183 cm³/mol. The number of allylic oxidation sites excluding steroid dienone is 1. The summed E-state index contributed by atoms with van der Waals surface area (Å²) < 4.78 is 30.2. The molecule has 0 aromatic carbocycles. The molecule has 0 atom stereocenters. The maximum absolute atomic E-state index is 11.1. The van der Waals surface area contributed by atoms with Crippen molar-refractivity contribution in [1.29, 1.82) is 0 Å². The number of nitrogens with two attached hydrogens (primary N) is 2. The molecule has 0 saturated carbocycles. The zero-order valence-electron chi connectivity index (χ0n) is 28.4. The second-order valence-electron chi connectivity index (χ2n) is 7.85. The van der Waals surface area contributed by atoms with Gasteiger partial charge in [0.25, 0.3) is 17.2 Å². The fourth-order valence-corrected chi connectivity index (χ4v) is 2.91. The lowest BCUT2D eigenvalue weighted by molar-refractivity contribution is -0.365. The topological polar surface area (TPSA) is 203 Å². The minimum Gasteiger partial charge on any atom is -0.509 e. The number of nitrogens with one attached hydrogen (secondary N) is 2. The molecule has 47 heavy (non-hydrogen) atoms. The van der Waals surface area contributed by atoms with Crippen molar-refractivity contribution in [3.63, 3.8) is 0 Å². The van der Waals surface area contributed by atoms with Gasteiger partial charge in [-0.25, -0.2) is 21.1 Å². The highest BCUT2D eigenvalue weighted by Gasteiger charge is 2.24. The highest BCUT2D eigenvalue weighted by Crippen LogP contribution is 2.13. The summed E-state index contributed by atoms with van der Waals surface area (Å²) in [6.07, 6.45) is 0. The molecule has 1 aromatic rings. The van der Waals surface area contributed by atoms with Gasteiger partial charge in [-0.15, -0.1) is 0 Å². The summed E-state index contributed by atoms with van der Waals surface area (Å²) in [5, 5.41) is 0.000000000000000222. The number of aromatic amines is 2. The number of carbonyl (C=O) groups is 2. The van der Waals surface area contributed by atoms with Gasteiger partial charge in [0.15, 0.2) is 9.88 Å². The van der Waals surface area contributed by atoms with Crippen LogP contribution in [0.3, 0.4) is 0 Å². The van der Waals surface area contributed by atoms with Gasteiger partial charge in [-0.3, -0.25) is 9.59 Å². The minimum absolute atomic E-state index is 0.000000000000000222. The third-order valence-electron chi connectivity index (χ3n) is 4.22. The van der Waals surface area contributed by atoms with E-state index < -0.39 is 23.5 Å². The lowest BCUT2D eigenvalue weighted by Gasteiger charge is -2.27. The molecule has 264 valence electrons. The minimum atomic E-state index is -0.849. The molecule has 1 heterocycles. The summed E-state index contributed by atoms with van der Waals surface area (Å²) in [5.74, 6) is -1.60. The highest BCUT2D eigenvalue weighted by molar-refractivity contribution is 7.80. The second kappa shape index (κ2) is 31.6. The van der Waals surface area contributed by atoms with Crippen LogP contribution >= 0.6 is 24.4 Å². The Morgan fingerprint density at radius 2 is 1.30 bits per heavy atom. The molecule has 0 aliphatic carbocycles. The third-order valence-corrected chi connectivity index (χ3v) is 4.42. The molecular formula is C29H47N7O9S2. The average molecular weight is 702 g/mol. The van der Waals surface area contributed by atoms with E-state index in [4.69, 9.17) is 38.7 Å². The van der Waals surface area contributed by atoms with Crippen LogP contribution in [0.5, 0.6) is 0 Å². The van der Waals surface area contributed by atoms with Gasteiger partial charge in [0, 0.05) is 32.4 Å². The van der Waals surface area contributed by atoms with Crippen molar-refractivity contribution in [2.75, 3.05) is 46.2 Å². The summed E-state index contributed by atoms with van der Waals surface area (Å²) >= 11 is 8.77. The van der Waals surface area contributed by atoms with Crippen LogP contribution in [0.15, 0.2) is 16.3 Å². The van der Waals surface area contributed by atoms with Crippen molar-refractivity contribution < 1.29 is 38.0 Å². The lowest BCUT2D eigenvalue weighted by atomic mass is 10.4. The van der Waals surface area contributed by atoms with Crippen LogP contribution in [-0.2, 0) is 38.0 Å². The van der Waals surface area contributed by atoms with E-state index in [1.54, 1.807) is 41.5 Å². The number of carbonyl (C=O) groups excluding carboxylic acids is 2. The number of H-pyrrole nitrogens is 2. The van der Waals surface area contributed by atoms with Gasteiger partial charge in [-0.1, -0.05) is 0 Å². The quantitative estimate of drug-likeness (QED) is 0.0595. The predicted octanol–water partition coefficient (Wildman–Crippen LogP) is 4.46. The number of nitrogens with zero attached hydrogens (tertiary/aromatic N) is 3. The SMILES string of the molecule is CCOC(C)(OCC)OCC.NC(N)=S.[C-]#[N+]/C(C(=O)OCC)=C(\C)OCC.[C-]#[N+]CC(=O)OCC.[C-]#[N+]c1c(C)[nH]c(=S)[nH]c1=O. The van der Waals surface area contributed by atoms with Gasteiger partial charge in [-0.2, -0.15) is 0 Å². The van der Waals surface area contributed by atoms with Crippen LogP contribution in [0.25, 0.3) is 14.5 Å². The Balaban J connectivity index is -0.000000255. The Labute approximate surface area is 287 Å². The van der Waals surface area contributed by atoms with E-state index in [9.17, 15) is 14.4 Å². The summed E-state index contributed by atoms with van der Waals surface area (Å²) in [4.78, 5) is 46.2. The molecule has 0 aliphatic rings. The van der Waals surface area contributed by atoms with Gasteiger partial charge in [0.05, 0.1) is 33.0 Å². The van der Waals surface area contributed by atoms with Crippen molar-refractivity contribution in [3.05, 3.63) is 66.5 Å². The number of ether oxygens (including phenoxy) is 6. The smallest absolute Gasteiger partial charge is 0.387 e. The van der Waals surface area contributed by atoms with Crippen LogP contribution in [0.1, 0.15) is 61.1 Å². The Bertz CT molecular complexity index is 1320. The zero-order valence-corrected chi connectivity index (χ0v) is 30.1. The van der Waals surface area contributed by atoms with Crippen molar-refractivity contribution in [1.82, 2.24) is 9.97 Å². The molecule has 1 aromatic heterocycles. The van der Waals surface area contributed by atoms with Crippen LogP contribution in [0.2, 0.25) is 0 Å². The Hall–Kier alpha value is -4.38. The number of thiocarbonyl (C=S) groups is 1. The van der Waals surface area contributed by atoms with Crippen molar-refractivity contribution >= 4 is 47.2 Å². The van der Waals surface area contributed by atoms with Gasteiger partial charge in [0.2, 0.25) is 0 Å². The van der Waals surface area contributed by atoms with E-state index in [2.05, 4.69) is 69.9 Å². The van der Waals surface area contributed by atoms with Crippen molar-refractivity contribution in [2.24, 2.45) is 11.5 Å². The first-order chi connectivity index (χ1) is 22.0. The first-order valence-electron chi connectivity index (χ1n) is 14.1. The summed E-state index contributed by atoms with van der Waals surface area (Å²) in [6.45, 7) is 38.2. The molecule has 18 heteroatoms. The van der Waals surface area contributed by atoms with Crippen LogP contribution in [-0.4, -0.2) is 79.2 Å². The highest BCUT2D eigenvalue weighted by atomic mass is 32.1. The number of esters is 2. The normalized spacial score (nSPS) is 9.83. The Morgan fingerprint density at radius 3 is 1.62 bits per heavy atom. The molecule has 16 nitrogen and oxygen atoms in total. The standard InChI is InChI=1S/C9H13NO3.C8H18O3.C6H5N3OS.C5H7NO2.CH4N2S/c1-5-12-7(3)8(10-4)9(11)13-6-2;1-5-9-8(4,10-6-2)11-7-3;1-3-4(7-2)5(10)9-6(11)8-3;1-3-8-5(7)4-6-2;2-1(3)4/h5-6H2,1-3H3;5-7H2,1-4H3;1H3,(H2,8,9,10,11);3-4H2,1H3;(H4,2,3,4)/b8-7+;;;;. The molecule has 0 radical (unpaired) electrons. The van der Waals surface area contributed by atoms with Crippen LogP contribution in [0.4, 0.5) is 5.69 Å². The van der Waals surface area contributed by atoms with Gasteiger partial charge < -0.3 is 54.7 Å². The van der Waals surface area contributed by atoms with E-state index in [1.165, 1.54) is 0 Å². The third kappa shape index (κ3) is 28.8. The summed E-state index contributed by atoms with van der Waals surface area (Å²) in [5.41, 5.74) is 9.31. The van der Waals surface area contributed by atoms with Crippen molar-refractivity contribution in [3.8, 4) is 0 Å². The first kappa shape index (κ1) is 49.5. The average Bonchev–Trinajstić information content (AvgIpc) is 2.95. The number of hydrogen-bond acceptors (Lipinski definition) is 11. The van der Waals surface area contributed by atoms with E-state index in [0.29, 0.717) is 44.5 Å². The Kier molecular flexibility index (Phi) is 33.3. The first-order valence-corrected chi connectivity index (χ1v) is 14.9. The lowest BCUT2D eigenvalue weighted by Crippen LogP contribution is -2.35. The molecule has 0 amide bonds. The van der Waals surface area contributed by atoms with Crippen molar-refractivity contribution in [2.45, 2.75) is 68.3 Å².